The van der Waals surface area contributed by atoms with Crippen LogP contribution in [0.2, 0.25) is 0 Å². The molecule has 0 amide bonds. The van der Waals surface area contributed by atoms with Gasteiger partial charge in [-0.2, -0.15) is 0 Å². The molecule has 0 atom stereocenters. The van der Waals surface area contributed by atoms with Gasteiger partial charge in [0.1, 0.15) is 0 Å². The molecule has 0 aliphatic heterocycles. The van der Waals surface area contributed by atoms with Gasteiger partial charge in [0, 0.05) is 12.8 Å². The number of allylic oxidation sites excluding steroid dienone is 2. The highest BCUT2D eigenvalue weighted by Gasteiger charge is 2.05. The van der Waals surface area contributed by atoms with Gasteiger partial charge < -0.3 is 9.47 Å². The minimum atomic E-state index is -0.201. The molecule has 4 nitrogen and oxygen atoms in total. The van der Waals surface area contributed by atoms with Crippen LogP contribution in [0.5, 0.6) is 0 Å². The predicted octanol–water partition coefficient (Wildman–Crippen LogP) is 3.57. The van der Waals surface area contributed by atoms with E-state index in [1.807, 2.05) is 0 Å². The Morgan fingerprint density at radius 2 is 1.15 bits per heavy atom. The van der Waals surface area contributed by atoms with E-state index in [-0.39, 0.29) is 11.9 Å². The SMILES string of the molecule is C=CCCCOC(=O)CCCCC(=O)OCCCC=C. The molecule has 0 aliphatic carbocycles. The van der Waals surface area contributed by atoms with Gasteiger partial charge in [-0.05, 0) is 38.5 Å². The molecular formula is C16H26O4. The van der Waals surface area contributed by atoms with Gasteiger partial charge in [0.2, 0.25) is 0 Å². The second-order valence-corrected chi connectivity index (χ2v) is 4.51. The van der Waals surface area contributed by atoms with E-state index in [9.17, 15) is 9.59 Å². The van der Waals surface area contributed by atoms with Gasteiger partial charge in [-0.3, -0.25) is 9.59 Å². The van der Waals surface area contributed by atoms with Crippen LogP contribution in [0, 0.1) is 0 Å². The minimum Gasteiger partial charge on any atom is -0.466 e. The zero-order valence-corrected chi connectivity index (χ0v) is 12.3. The number of hydrogen-bond donors (Lipinski definition) is 0. The summed E-state index contributed by atoms with van der Waals surface area (Å²) in [5, 5.41) is 0. The van der Waals surface area contributed by atoms with E-state index in [1.165, 1.54) is 0 Å². The van der Waals surface area contributed by atoms with Crippen LogP contribution in [0.3, 0.4) is 0 Å². The van der Waals surface area contributed by atoms with Gasteiger partial charge in [0.15, 0.2) is 0 Å². The molecule has 0 aromatic carbocycles. The van der Waals surface area contributed by atoms with Gasteiger partial charge in [-0.25, -0.2) is 0 Å². The van der Waals surface area contributed by atoms with E-state index in [0.717, 1.165) is 25.7 Å². The Bertz CT molecular complexity index is 267. The van der Waals surface area contributed by atoms with Gasteiger partial charge in [0.25, 0.3) is 0 Å². The number of unbranched alkanes of at least 4 members (excludes halogenated alkanes) is 3. The largest absolute Gasteiger partial charge is 0.466 e. The first kappa shape index (κ1) is 18.4. The van der Waals surface area contributed by atoms with Crippen LogP contribution in [0.25, 0.3) is 0 Å². The highest BCUT2D eigenvalue weighted by Crippen LogP contribution is 2.04. The van der Waals surface area contributed by atoms with Crippen LogP contribution in [0.4, 0.5) is 0 Å². The number of rotatable bonds is 13. The summed E-state index contributed by atoms with van der Waals surface area (Å²) in [7, 11) is 0. The average molecular weight is 282 g/mol. The van der Waals surface area contributed by atoms with E-state index in [1.54, 1.807) is 12.2 Å². The van der Waals surface area contributed by atoms with E-state index in [2.05, 4.69) is 13.2 Å². The van der Waals surface area contributed by atoms with Crippen molar-refractivity contribution in [3.63, 3.8) is 0 Å². The second kappa shape index (κ2) is 13.8. The summed E-state index contributed by atoms with van der Waals surface area (Å²) in [6.45, 7) is 8.08. The molecule has 0 unspecified atom stereocenters. The summed E-state index contributed by atoms with van der Waals surface area (Å²) < 4.78 is 10.1. The first-order chi connectivity index (χ1) is 9.70. The van der Waals surface area contributed by atoms with Crippen molar-refractivity contribution < 1.29 is 19.1 Å². The van der Waals surface area contributed by atoms with Crippen molar-refractivity contribution in [3.8, 4) is 0 Å². The predicted molar refractivity (Wildman–Crippen MR) is 79.2 cm³/mol. The molecule has 0 aromatic rings. The van der Waals surface area contributed by atoms with Crippen LogP contribution in [-0.4, -0.2) is 25.2 Å². The maximum absolute atomic E-state index is 11.3. The fourth-order valence-corrected chi connectivity index (χ4v) is 1.51. The van der Waals surface area contributed by atoms with Crippen molar-refractivity contribution in [1.29, 1.82) is 0 Å². The lowest BCUT2D eigenvalue weighted by Gasteiger charge is -2.05. The zero-order chi connectivity index (χ0) is 15.1. The Balaban J connectivity index is 3.36. The lowest BCUT2D eigenvalue weighted by atomic mass is 10.2. The molecule has 0 rings (SSSR count). The third-order valence-electron chi connectivity index (χ3n) is 2.64. The first-order valence-corrected chi connectivity index (χ1v) is 7.23. The quantitative estimate of drug-likeness (QED) is 0.294. The molecule has 0 bridgehead atoms. The van der Waals surface area contributed by atoms with Crippen molar-refractivity contribution in [1.82, 2.24) is 0 Å². The molecule has 0 saturated carbocycles. The Hall–Kier alpha value is -1.58. The highest BCUT2D eigenvalue weighted by molar-refractivity contribution is 5.70. The van der Waals surface area contributed by atoms with Gasteiger partial charge >= 0.3 is 11.9 Å². The summed E-state index contributed by atoms with van der Waals surface area (Å²) in [6, 6.07) is 0. The molecule has 4 heteroatoms. The minimum absolute atomic E-state index is 0.201. The maximum atomic E-state index is 11.3. The van der Waals surface area contributed by atoms with Crippen LogP contribution in [0.15, 0.2) is 25.3 Å². The number of carbonyl (C=O) groups is 2. The van der Waals surface area contributed by atoms with E-state index < -0.39 is 0 Å². The molecule has 0 N–H and O–H groups in total. The monoisotopic (exact) mass is 282 g/mol. The third kappa shape index (κ3) is 12.9. The van der Waals surface area contributed by atoms with E-state index >= 15 is 0 Å². The molecule has 0 saturated heterocycles. The molecule has 0 aliphatic rings. The molecule has 0 aromatic heterocycles. The van der Waals surface area contributed by atoms with E-state index in [0.29, 0.717) is 38.9 Å². The topological polar surface area (TPSA) is 52.6 Å². The van der Waals surface area contributed by atoms with E-state index in [4.69, 9.17) is 9.47 Å². The third-order valence-corrected chi connectivity index (χ3v) is 2.64. The number of esters is 2. The summed E-state index contributed by atoms with van der Waals surface area (Å²) in [5.74, 6) is -0.401. The zero-order valence-electron chi connectivity index (χ0n) is 12.3. The lowest BCUT2D eigenvalue weighted by molar-refractivity contribution is -0.146. The first-order valence-electron chi connectivity index (χ1n) is 7.23. The Morgan fingerprint density at radius 3 is 1.50 bits per heavy atom. The fraction of sp³-hybridized carbons (Fsp3) is 0.625. The molecule has 114 valence electrons. The van der Waals surface area contributed by atoms with Crippen molar-refractivity contribution in [2.24, 2.45) is 0 Å². The standard InChI is InChI=1S/C16H26O4/c1-3-5-9-13-19-15(17)11-7-8-12-16(18)20-14-10-6-4-2/h3-4H,1-2,5-14H2. The van der Waals surface area contributed by atoms with Crippen molar-refractivity contribution in [2.75, 3.05) is 13.2 Å². The fourth-order valence-electron chi connectivity index (χ4n) is 1.51. The number of ether oxygens (including phenoxy) is 2. The normalized spacial score (nSPS) is 9.80. The Kier molecular flexibility index (Phi) is 12.7. The summed E-state index contributed by atoms with van der Waals surface area (Å²) >= 11 is 0. The summed E-state index contributed by atoms with van der Waals surface area (Å²) in [6.07, 6.45) is 8.96. The smallest absolute Gasteiger partial charge is 0.305 e. The van der Waals surface area contributed by atoms with Crippen LogP contribution in [0.1, 0.15) is 51.4 Å². The maximum Gasteiger partial charge on any atom is 0.305 e. The molecular weight excluding hydrogens is 256 g/mol. The van der Waals surface area contributed by atoms with Gasteiger partial charge in [0.05, 0.1) is 13.2 Å². The Morgan fingerprint density at radius 1 is 0.750 bits per heavy atom. The Labute approximate surface area is 121 Å². The number of carbonyl (C=O) groups excluding carboxylic acids is 2. The van der Waals surface area contributed by atoms with Gasteiger partial charge in [-0.15, -0.1) is 13.2 Å². The number of hydrogen-bond acceptors (Lipinski definition) is 4. The molecule has 0 fully saturated rings. The van der Waals surface area contributed by atoms with Crippen molar-refractivity contribution in [2.45, 2.75) is 51.4 Å². The van der Waals surface area contributed by atoms with Gasteiger partial charge in [-0.1, -0.05) is 12.2 Å². The molecule has 0 heterocycles. The summed E-state index contributed by atoms with van der Waals surface area (Å²) in [4.78, 5) is 22.6. The highest BCUT2D eigenvalue weighted by atomic mass is 16.5. The molecule has 0 radical (unpaired) electrons. The molecule has 20 heavy (non-hydrogen) atoms. The lowest BCUT2D eigenvalue weighted by Crippen LogP contribution is -2.07. The van der Waals surface area contributed by atoms with Crippen molar-refractivity contribution in [3.05, 3.63) is 25.3 Å². The van der Waals surface area contributed by atoms with Crippen molar-refractivity contribution >= 4 is 11.9 Å². The van der Waals surface area contributed by atoms with Crippen LogP contribution in [-0.2, 0) is 19.1 Å². The molecule has 0 spiro atoms. The summed E-state index contributed by atoms with van der Waals surface area (Å²) in [5.41, 5.74) is 0. The average Bonchev–Trinajstić information content (AvgIpc) is 2.44. The second-order valence-electron chi connectivity index (χ2n) is 4.51. The van der Waals surface area contributed by atoms with Crippen LogP contribution < -0.4 is 0 Å². The van der Waals surface area contributed by atoms with Crippen LogP contribution >= 0.6 is 0 Å².